The minimum atomic E-state index is 0.908. The van der Waals surface area contributed by atoms with Gasteiger partial charge in [0.05, 0.1) is 0 Å². The summed E-state index contributed by atoms with van der Waals surface area (Å²) in [5.74, 6) is 0. The molecule has 1 rings (SSSR count). The molecular weight excluding hydrogens is 144 g/mol. The highest BCUT2D eigenvalue weighted by Crippen LogP contribution is 2.09. The van der Waals surface area contributed by atoms with E-state index < -0.39 is 0 Å². The Kier molecular flexibility index (Phi) is 2.87. The van der Waals surface area contributed by atoms with E-state index in [0.717, 1.165) is 12.0 Å². The molecule has 0 heterocycles. The van der Waals surface area contributed by atoms with Crippen LogP contribution >= 0.6 is 0 Å². The molecule has 0 N–H and O–H groups in total. The highest BCUT2D eigenvalue weighted by Gasteiger charge is 1.93. The lowest BCUT2D eigenvalue weighted by Crippen LogP contribution is -1.86. The van der Waals surface area contributed by atoms with Crippen molar-refractivity contribution in [1.82, 2.24) is 0 Å². The first-order valence-corrected chi connectivity index (χ1v) is 4.08. The third-order valence-electron chi connectivity index (χ3n) is 1.80. The van der Waals surface area contributed by atoms with Gasteiger partial charge in [0.1, 0.15) is 0 Å². The Balaban J connectivity index is 2.76. The van der Waals surface area contributed by atoms with Gasteiger partial charge in [-0.1, -0.05) is 54.6 Å². The van der Waals surface area contributed by atoms with Crippen molar-refractivity contribution in [3.63, 3.8) is 0 Å². The number of allylic oxidation sites excluding steroid dienone is 2. The quantitative estimate of drug-likeness (QED) is 0.592. The van der Waals surface area contributed by atoms with E-state index in [1.807, 2.05) is 6.08 Å². The Morgan fingerprint density at radius 3 is 2.83 bits per heavy atom. The molecule has 0 amide bonds. The Morgan fingerprint density at radius 1 is 1.50 bits per heavy atom. The lowest BCUT2D eigenvalue weighted by Gasteiger charge is -2.01. The maximum absolute atomic E-state index is 3.88. The van der Waals surface area contributed by atoms with Crippen molar-refractivity contribution in [3.05, 3.63) is 60.2 Å². The molecule has 0 radical (unpaired) electrons. The van der Waals surface area contributed by atoms with Crippen LogP contribution in [-0.4, -0.2) is 0 Å². The van der Waals surface area contributed by atoms with E-state index in [2.05, 4.69) is 44.3 Å². The molecule has 0 nitrogen and oxygen atoms in total. The van der Waals surface area contributed by atoms with Gasteiger partial charge in [-0.25, -0.2) is 0 Å². The van der Waals surface area contributed by atoms with Crippen LogP contribution in [0.3, 0.4) is 0 Å². The fourth-order valence-electron chi connectivity index (χ4n) is 1.16. The van der Waals surface area contributed by atoms with E-state index >= 15 is 0 Å². The molecule has 0 heteroatoms. The van der Waals surface area contributed by atoms with E-state index in [9.17, 15) is 0 Å². The van der Waals surface area contributed by atoms with E-state index in [0.29, 0.717) is 0 Å². The molecule has 0 saturated carbocycles. The topological polar surface area (TPSA) is 0 Å². The molecule has 0 bridgehead atoms. The number of rotatable bonds is 3. The second-order valence-corrected chi connectivity index (χ2v) is 3.03. The molecule has 0 spiro atoms. The van der Waals surface area contributed by atoms with Crippen LogP contribution in [0.2, 0.25) is 0 Å². The zero-order chi connectivity index (χ0) is 8.97. The number of aryl methyl sites for hydroxylation is 1. The summed E-state index contributed by atoms with van der Waals surface area (Å²) in [6, 6.07) is 8.46. The summed E-state index contributed by atoms with van der Waals surface area (Å²) in [6.07, 6.45) is 2.72. The fraction of sp³-hybridized carbons (Fsp3) is 0.167. The molecule has 12 heavy (non-hydrogen) atoms. The van der Waals surface area contributed by atoms with E-state index in [4.69, 9.17) is 0 Å². The second kappa shape index (κ2) is 3.91. The zero-order valence-electron chi connectivity index (χ0n) is 7.51. The van der Waals surface area contributed by atoms with Crippen molar-refractivity contribution in [1.29, 1.82) is 0 Å². The number of benzene rings is 1. The molecule has 0 aromatic heterocycles. The third-order valence-corrected chi connectivity index (χ3v) is 1.80. The van der Waals surface area contributed by atoms with Gasteiger partial charge >= 0.3 is 0 Å². The third kappa shape index (κ3) is 2.39. The first-order chi connectivity index (χ1) is 5.72. The van der Waals surface area contributed by atoms with E-state index in [1.165, 1.54) is 11.1 Å². The average molecular weight is 158 g/mol. The van der Waals surface area contributed by atoms with Crippen molar-refractivity contribution in [3.8, 4) is 0 Å². The molecule has 0 saturated heterocycles. The van der Waals surface area contributed by atoms with Crippen LogP contribution < -0.4 is 0 Å². The predicted molar refractivity (Wildman–Crippen MR) is 54.2 cm³/mol. The van der Waals surface area contributed by atoms with Gasteiger partial charge in [-0.05, 0) is 18.9 Å². The minimum absolute atomic E-state index is 0.908. The maximum Gasteiger partial charge on any atom is -0.00318 e. The van der Waals surface area contributed by atoms with Gasteiger partial charge in [-0.2, -0.15) is 0 Å². The molecular formula is C12H14. The molecule has 1 aromatic carbocycles. The Bertz CT molecular complexity index is 295. The lowest BCUT2D eigenvalue weighted by atomic mass is 10.0. The summed E-state index contributed by atoms with van der Waals surface area (Å²) in [6.45, 7) is 9.66. The van der Waals surface area contributed by atoms with E-state index in [-0.39, 0.29) is 0 Å². The molecule has 0 aliphatic carbocycles. The van der Waals surface area contributed by atoms with Crippen LogP contribution in [0.25, 0.3) is 0 Å². The summed E-state index contributed by atoms with van der Waals surface area (Å²) in [7, 11) is 0. The summed E-state index contributed by atoms with van der Waals surface area (Å²) in [4.78, 5) is 0. The van der Waals surface area contributed by atoms with Crippen molar-refractivity contribution in [2.45, 2.75) is 13.3 Å². The molecule has 0 aliphatic rings. The summed E-state index contributed by atoms with van der Waals surface area (Å²) in [5, 5.41) is 0. The number of hydrogen-bond acceptors (Lipinski definition) is 0. The van der Waals surface area contributed by atoms with Crippen molar-refractivity contribution in [2.75, 3.05) is 0 Å². The normalized spacial score (nSPS) is 9.42. The first kappa shape index (κ1) is 8.79. The standard InChI is InChI=1S/C12H14/c1-4-10(2)8-12-7-5-6-11(3)9-12/h4-7,9H,1-2,8H2,3H3. The summed E-state index contributed by atoms with van der Waals surface area (Å²) < 4.78 is 0. The SMILES string of the molecule is C=CC(=C)Cc1cccc(C)c1. The fourth-order valence-corrected chi connectivity index (χ4v) is 1.16. The van der Waals surface area contributed by atoms with Gasteiger partial charge in [0.15, 0.2) is 0 Å². The van der Waals surface area contributed by atoms with Gasteiger partial charge in [-0.3, -0.25) is 0 Å². The van der Waals surface area contributed by atoms with Crippen LogP contribution in [0, 0.1) is 6.92 Å². The molecule has 62 valence electrons. The first-order valence-electron chi connectivity index (χ1n) is 4.08. The van der Waals surface area contributed by atoms with Crippen LogP contribution in [0.1, 0.15) is 11.1 Å². The smallest absolute Gasteiger partial charge is 0.00318 e. The van der Waals surface area contributed by atoms with Crippen LogP contribution in [0.15, 0.2) is 49.1 Å². The molecule has 0 fully saturated rings. The molecule has 1 aromatic rings. The van der Waals surface area contributed by atoms with Crippen LogP contribution in [-0.2, 0) is 6.42 Å². The summed E-state index contributed by atoms with van der Waals surface area (Å²) in [5.41, 5.74) is 3.67. The van der Waals surface area contributed by atoms with Crippen molar-refractivity contribution >= 4 is 0 Å². The minimum Gasteiger partial charge on any atom is -0.0988 e. The van der Waals surface area contributed by atoms with Crippen LogP contribution in [0.4, 0.5) is 0 Å². The van der Waals surface area contributed by atoms with Gasteiger partial charge in [-0.15, -0.1) is 0 Å². The van der Waals surface area contributed by atoms with E-state index in [1.54, 1.807) is 0 Å². The largest absolute Gasteiger partial charge is 0.0988 e. The maximum atomic E-state index is 3.88. The summed E-state index contributed by atoms with van der Waals surface area (Å²) >= 11 is 0. The van der Waals surface area contributed by atoms with Gasteiger partial charge in [0, 0.05) is 0 Å². The van der Waals surface area contributed by atoms with Gasteiger partial charge in [0.2, 0.25) is 0 Å². The highest BCUT2D eigenvalue weighted by atomic mass is 14.0. The second-order valence-electron chi connectivity index (χ2n) is 3.03. The Hall–Kier alpha value is -1.30. The van der Waals surface area contributed by atoms with Gasteiger partial charge < -0.3 is 0 Å². The van der Waals surface area contributed by atoms with Crippen LogP contribution in [0.5, 0.6) is 0 Å². The Morgan fingerprint density at radius 2 is 2.25 bits per heavy atom. The zero-order valence-corrected chi connectivity index (χ0v) is 7.51. The monoisotopic (exact) mass is 158 g/mol. The number of hydrogen-bond donors (Lipinski definition) is 0. The Labute approximate surface area is 74.2 Å². The highest BCUT2D eigenvalue weighted by molar-refractivity contribution is 5.28. The predicted octanol–water partition coefficient (Wildman–Crippen LogP) is 3.28. The molecule has 0 atom stereocenters. The average Bonchev–Trinajstić information content (AvgIpc) is 2.04. The van der Waals surface area contributed by atoms with Crippen molar-refractivity contribution in [2.24, 2.45) is 0 Å². The van der Waals surface area contributed by atoms with Gasteiger partial charge in [0.25, 0.3) is 0 Å². The van der Waals surface area contributed by atoms with Crippen molar-refractivity contribution < 1.29 is 0 Å². The molecule has 0 unspecified atom stereocenters. The lowest BCUT2D eigenvalue weighted by molar-refractivity contribution is 1.20. The molecule has 0 aliphatic heterocycles.